The second kappa shape index (κ2) is 7.74. The van der Waals surface area contributed by atoms with Gasteiger partial charge in [0, 0.05) is 5.88 Å². The van der Waals surface area contributed by atoms with E-state index in [2.05, 4.69) is 0 Å². The number of carbonyl (C=O) groups is 1. The number of esters is 1. The number of hydrogen-bond donors (Lipinski definition) is 0. The molecular weight excluding hydrogens is 240 g/mol. The van der Waals surface area contributed by atoms with Gasteiger partial charge >= 0.3 is 5.97 Å². The third kappa shape index (κ3) is 4.91. The maximum Gasteiger partial charge on any atom is 0.333 e. The Morgan fingerprint density at radius 1 is 1.35 bits per heavy atom. The molecule has 0 heterocycles. The highest BCUT2D eigenvalue weighted by Crippen LogP contribution is 2.12. The Labute approximate surface area is 106 Å². The molecule has 1 rings (SSSR count). The summed E-state index contributed by atoms with van der Waals surface area (Å²) in [6.45, 7) is 2.50. The molecule has 1 aromatic rings. The summed E-state index contributed by atoms with van der Waals surface area (Å²) in [5, 5.41) is 0. The first-order chi connectivity index (χ1) is 8.27. The van der Waals surface area contributed by atoms with Gasteiger partial charge in [0.1, 0.15) is 6.61 Å². The van der Waals surface area contributed by atoms with Crippen LogP contribution in [0.2, 0.25) is 0 Å². The van der Waals surface area contributed by atoms with Crippen LogP contribution in [0.15, 0.2) is 36.6 Å². The summed E-state index contributed by atoms with van der Waals surface area (Å²) in [6, 6.07) is 7.73. The first-order valence-corrected chi connectivity index (χ1v) is 5.89. The van der Waals surface area contributed by atoms with Crippen molar-refractivity contribution >= 4 is 17.6 Å². The van der Waals surface area contributed by atoms with Gasteiger partial charge in [-0.05, 0) is 18.1 Å². The Balaban J connectivity index is 2.43. The van der Waals surface area contributed by atoms with Crippen LogP contribution in [-0.2, 0) is 26.8 Å². The quantitative estimate of drug-likeness (QED) is 0.339. The van der Waals surface area contributed by atoms with Gasteiger partial charge in [0.15, 0.2) is 0 Å². The molecule has 92 valence electrons. The van der Waals surface area contributed by atoms with Crippen molar-refractivity contribution < 1.29 is 14.3 Å². The van der Waals surface area contributed by atoms with E-state index >= 15 is 0 Å². The Kier molecular flexibility index (Phi) is 6.18. The molecule has 4 heteroatoms. The number of ether oxygens (including phenoxy) is 2. The van der Waals surface area contributed by atoms with Crippen molar-refractivity contribution in [3.63, 3.8) is 0 Å². The fraction of sp³-hybridized carbons (Fsp3) is 0.308. The van der Waals surface area contributed by atoms with Gasteiger partial charge in [-0.2, -0.15) is 0 Å². The smallest absolute Gasteiger partial charge is 0.333 e. The summed E-state index contributed by atoms with van der Waals surface area (Å²) in [5.74, 6) is 0.0410. The van der Waals surface area contributed by atoms with Gasteiger partial charge in [0.05, 0.1) is 18.9 Å². The minimum Gasteiger partial charge on any atom is -0.496 e. The van der Waals surface area contributed by atoms with E-state index in [-0.39, 0.29) is 0 Å². The van der Waals surface area contributed by atoms with Crippen molar-refractivity contribution in [2.75, 3.05) is 6.61 Å². The predicted octanol–water partition coefficient (Wildman–Crippen LogP) is 3.02. The molecule has 0 radical (unpaired) electrons. The van der Waals surface area contributed by atoms with Crippen molar-refractivity contribution in [1.29, 1.82) is 0 Å². The maximum absolute atomic E-state index is 11.0. The van der Waals surface area contributed by atoms with E-state index in [1.54, 1.807) is 6.92 Å². The summed E-state index contributed by atoms with van der Waals surface area (Å²) in [4.78, 5) is 11.0. The number of rotatable bonds is 6. The molecule has 0 amide bonds. The van der Waals surface area contributed by atoms with Crippen LogP contribution in [0.5, 0.6) is 0 Å². The summed E-state index contributed by atoms with van der Waals surface area (Å²) < 4.78 is 9.95. The third-order valence-electron chi connectivity index (χ3n) is 2.09. The zero-order valence-corrected chi connectivity index (χ0v) is 10.4. The molecule has 3 nitrogen and oxygen atoms in total. The summed E-state index contributed by atoms with van der Waals surface area (Å²) in [7, 11) is 0. The number of halogens is 1. The lowest BCUT2D eigenvalue weighted by Crippen LogP contribution is -1.99. The first-order valence-electron chi connectivity index (χ1n) is 5.35. The van der Waals surface area contributed by atoms with E-state index in [0.717, 1.165) is 11.1 Å². The van der Waals surface area contributed by atoms with E-state index in [0.29, 0.717) is 19.1 Å². The molecule has 0 aliphatic rings. The standard InChI is InChI=1S/C13H15ClO3/c1-2-17-13(15)7-8-16-10-12-6-4-3-5-11(12)9-14/h3-8H,2,9-10H2,1H3/b8-7+. The monoisotopic (exact) mass is 254 g/mol. The highest BCUT2D eigenvalue weighted by molar-refractivity contribution is 6.17. The van der Waals surface area contributed by atoms with Crippen LogP contribution in [0.4, 0.5) is 0 Å². The number of carbonyl (C=O) groups excluding carboxylic acids is 1. The molecule has 0 unspecified atom stereocenters. The molecule has 1 aromatic carbocycles. The van der Waals surface area contributed by atoms with Crippen LogP contribution in [0.1, 0.15) is 18.1 Å². The van der Waals surface area contributed by atoms with Gasteiger partial charge in [-0.15, -0.1) is 11.6 Å². The van der Waals surface area contributed by atoms with Crippen molar-refractivity contribution in [2.45, 2.75) is 19.4 Å². The molecule has 0 saturated heterocycles. The fourth-order valence-corrected chi connectivity index (χ4v) is 1.52. The highest BCUT2D eigenvalue weighted by Gasteiger charge is 1.99. The van der Waals surface area contributed by atoms with Crippen molar-refractivity contribution in [2.24, 2.45) is 0 Å². The van der Waals surface area contributed by atoms with Crippen LogP contribution >= 0.6 is 11.6 Å². The van der Waals surface area contributed by atoms with E-state index in [1.165, 1.54) is 12.3 Å². The van der Waals surface area contributed by atoms with Gasteiger partial charge in [-0.3, -0.25) is 0 Å². The summed E-state index contributed by atoms with van der Waals surface area (Å²) in [5.41, 5.74) is 2.04. The van der Waals surface area contributed by atoms with Crippen molar-refractivity contribution in [3.8, 4) is 0 Å². The SMILES string of the molecule is CCOC(=O)/C=C/OCc1ccccc1CCl. The number of hydrogen-bond acceptors (Lipinski definition) is 3. The molecule has 0 aromatic heterocycles. The first kappa shape index (κ1) is 13.6. The highest BCUT2D eigenvalue weighted by atomic mass is 35.5. The van der Waals surface area contributed by atoms with Gasteiger partial charge in [-0.1, -0.05) is 24.3 Å². The van der Waals surface area contributed by atoms with Gasteiger partial charge < -0.3 is 9.47 Å². The minimum atomic E-state index is -0.405. The van der Waals surface area contributed by atoms with Crippen LogP contribution in [0.3, 0.4) is 0 Å². The van der Waals surface area contributed by atoms with E-state index in [1.807, 2.05) is 24.3 Å². The molecule has 0 saturated carbocycles. The molecule has 0 bridgehead atoms. The fourth-order valence-electron chi connectivity index (χ4n) is 1.26. The Hall–Kier alpha value is -1.48. The zero-order chi connectivity index (χ0) is 12.5. The molecule has 0 aliphatic heterocycles. The van der Waals surface area contributed by atoms with E-state index in [9.17, 15) is 4.79 Å². The zero-order valence-electron chi connectivity index (χ0n) is 9.69. The Morgan fingerprint density at radius 2 is 2.06 bits per heavy atom. The molecule has 0 N–H and O–H groups in total. The largest absolute Gasteiger partial charge is 0.496 e. The lowest BCUT2D eigenvalue weighted by Gasteiger charge is -2.05. The van der Waals surface area contributed by atoms with E-state index in [4.69, 9.17) is 21.1 Å². The Bertz CT molecular complexity index is 388. The van der Waals surface area contributed by atoms with Crippen molar-refractivity contribution in [3.05, 3.63) is 47.7 Å². The van der Waals surface area contributed by atoms with Crippen LogP contribution < -0.4 is 0 Å². The normalized spacial score (nSPS) is 10.5. The van der Waals surface area contributed by atoms with Crippen LogP contribution in [-0.4, -0.2) is 12.6 Å². The lowest BCUT2D eigenvalue weighted by atomic mass is 10.1. The molecular formula is C13H15ClO3. The second-order valence-electron chi connectivity index (χ2n) is 3.27. The number of alkyl halides is 1. The second-order valence-corrected chi connectivity index (χ2v) is 3.54. The third-order valence-corrected chi connectivity index (χ3v) is 2.38. The molecule has 0 atom stereocenters. The summed E-state index contributed by atoms with van der Waals surface area (Å²) >= 11 is 5.79. The number of benzene rings is 1. The minimum absolute atomic E-state index is 0.359. The lowest BCUT2D eigenvalue weighted by molar-refractivity contribution is -0.137. The van der Waals surface area contributed by atoms with Crippen molar-refractivity contribution in [1.82, 2.24) is 0 Å². The van der Waals surface area contributed by atoms with E-state index < -0.39 is 5.97 Å². The topological polar surface area (TPSA) is 35.5 Å². The predicted molar refractivity (Wildman–Crippen MR) is 66.6 cm³/mol. The Morgan fingerprint density at radius 3 is 2.71 bits per heavy atom. The molecule has 0 spiro atoms. The average Bonchev–Trinajstić information content (AvgIpc) is 2.35. The summed E-state index contributed by atoms with van der Waals surface area (Å²) in [6.07, 6.45) is 2.59. The van der Waals surface area contributed by atoms with Gasteiger partial charge in [0.2, 0.25) is 0 Å². The van der Waals surface area contributed by atoms with Crippen LogP contribution in [0.25, 0.3) is 0 Å². The van der Waals surface area contributed by atoms with Crippen LogP contribution in [0, 0.1) is 0 Å². The molecule has 17 heavy (non-hydrogen) atoms. The average molecular weight is 255 g/mol. The maximum atomic E-state index is 11.0. The van der Waals surface area contributed by atoms with Gasteiger partial charge in [-0.25, -0.2) is 4.79 Å². The molecule has 0 fully saturated rings. The van der Waals surface area contributed by atoms with Gasteiger partial charge in [0.25, 0.3) is 0 Å². The molecule has 0 aliphatic carbocycles.